The molecule has 1 aliphatic heterocycles. The van der Waals surface area contributed by atoms with Gasteiger partial charge in [-0.05, 0) is 35.4 Å². The summed E-state index contributed by atoms with van der Waals surface area (Å²) in [6.45, 7) is 9.03. The van der Waals surface area contributed by atoms with E-state index in [4.69, 9.17) is 21.1 Å². The van der Waals surface area contributed by atoms with Crippen LogP contribution in [0.25, 0.3) is 0 Å². The van der Waals surface area contributed by atoms with Gasteiger partial charge in [-0.2, -0.15) is 4.31 Å². The summed E-state index contributed by atoms with van der Waals surface area (Å²) in [4.78, 5) is 25.6. The summed E-state index contributed by atoms with van der Waals surface area (Å²) >= 11 is 5.68. The molecule has 1 heterocycles. The van der Waals surface area contributed by atoms with E-state index >= 15 is 0 Å². The minimum absolute atomic E-state index is 0.00896. The minimum atomic E-state index is -4.05. The first-order chi connectivity index (χ1) is 19.2. The summed E-state index contributed by atoms with van der Waals surface area (Å²) in [6.07, 6.45) is -1.06. The lowest BCUT2D eigenvalue weighted by atomic mass is 9.85. The zero-order chi connectivity index (χ0) is 30.4. The molecule has 0 aliphatic carbocycles. The highest BCUT2D eigenvalue weighted by molar-refractivity contribution is 7.89. The van der Waals surface area contributed by atoms with Crippen LogP contribution >= 0.6 is 11.6 Å². The van der Waals surface area contributed by atoms with Crippen LogP contribution in [0.4, 0.5) is 0 Å². The van der Waals surface area contributed by atoms with Gasteiger partial charge in [-0.1, -0.05) is 65.0 Å². The number of aliphatic hydroxyl groups excluding tert-OH is 1. The summed E-state index contributed by atoms with van der Waals surface area (Å²) in [7, 11) is -4.05. The van der Waals surface area contributed by atoms with E-state index in [0.29, 0.717) is 11.5 Å². The molecule has 3 rings (SSSR count). The van der Waals surface area contributed by atoms with Crippen LogP contribution in [-0.4, -0.2) is 73.6 Å². The Morgan fingerprint density at radius 1 is 1.02 bits per heavy atom. The van der Waals surface area contributed by atoms with E-state index in [9.17, 15) is 23.1 Å². The molecule has 41 heavy (non-hydrogen) atoms. The van der Waals surface area contributed by atoms with Crippen molar-refractivity contribution in [1.82, 2.24) is 14.9 Å². The Balaban J connectivity index is 1.91. The van der Waals surface area contributed by atoms with Crippen LogP contribution in [0.1, 0.15) is 40.2 Å². The van der Waals surface area contributed by atoms with E-state index in [1.54, 1.807) is 26.8 Å². The van der Waals surface area contributed by atoms with Crippen molar-refractivity contribution >= 4 is 33.4 Å². The second-order valence-electron chi connectivity index (χ2n) is 11.6. The van der Waals surface area contributed by atoms with Crippen LogP contribution in [0.2, 0.25) is 0 Å². The normalized spacial score (nSPS) is 15.4. The molecule has 0 fully saturated rings. The zero-order valence-electron chi connectivity index (χ0n) is 24.1. The third kappa shape index (κ3) is 8.81. The fourth-order valence-electron chi connectivity index (χ4n) is 4.49. The number of rotatable bonds is 13. The molecule has 0 radical (unpaired) electrons. The zero-order valence-corrected chi connectivity index (χ0v) is 25.7. The molecular formula is C29H40ClN3O7S. The summed E-state index contributed by atoms with van der Waals surface area (Å²) in [5.74, 6) is -0.580. The van der Waals surface area contributed by atoms with Crippen LogP contribution in [-0.2, 0) is 26.0 Å². The first kappa shape index (κ1) is 32.7. The molecule has 0 spiro atoms. The maximum Gasteiger partial charge on any atom is 0.243 e. The SMILES string of the molecule is CC(C)CN(C[C@@H](O)C(Cc1ccccc1)NC(=O)[C@@H](NC(=O)CCl)C(C)(C)C)S(=O)(=O)c1ccc2c(c1)OCO2. The van der Waals surface area contributed by atoms with E-state index in [-0.39, 0.29) is 43.0 Å². The maximum absolute atomic E-state index is 13.8. The maximum atomic E-state index is 13.8. The molecule has 0 saturated carbocycles. The highest BCUT2D eigenvalue weighted by Crippen LogP contribution is 2.35. The number of nitrogens with one attached hydrogen (secondary N) is 2. The van der Waals surface area contributed by atoms with Gasteiger partial charge in [0.15, 0.2) is 11.5 Å². The molecule has 0 bridgehead atoms. The molecular weight excluding hydrogens is 570 g/mol. The van der Waals surface area contributed by atoms with E-state index < -0.39 is 45.4 Å². The summed E-state index contributed by atoms with van der Waals surface area (Å²) in [5, 5.41) is 17.0. The second kappa shape index (κ2) is 13.9. The number of halogens is 1. The number of ether oxygens (including phenoxy) is 2. The molecule has 3 atom stereocenters. The van der Waals surface area contributed by atoms with Gasteiger partial charge in [0.25, 0.3) is 0 Å². The predicted molar refractivity (Wildman–Crippen MR) is 156 cm³/mol. The third-order valence-corrected chi connectivity index (χ3v) is 8.66. The number of sulfonamides is 1. The van der Waals surface area contributed by atoms with Crippen molar-refractivity contribution in [2.24, 2.45) is 11.3 Å². The van der Waals surface area contributed by atoms with Crippen molar-refractivity contribution in [2.75, 3.05) is 25.8 Å². The number of benzene rings is 2. The first-order valence-corrected chi connectivity index (χ1v) is 15.5. The van der Waals surface area contributed by atoms with E-state index in [1.165, 1.54) is 16.4 Å². The number of aliphatic hydroxyl groups is 1. The Bertz CT molecular complexity index is 1300. The number of carbonyl (C=O) groups excluding carboxylic acids is 2. The second-order valence-corrected chi connectivity index (χ2v) is 13.8. The summed E-state index contributed by atoms with van der Waals surface area (Å²) in [6, 6.07) is 11.8. The highest BCUT2D eigenvalue weighted by Gasteiger charge is 2.36. The lowest BCUT2D eigenvalue weighted by Gasteiger charge is -2.34. The lowest BCUT2D eigenvalue weighted by Crippen LogP contribution is -2.59. The number of alkyl halides is 1. The highest BCUT2D eigenvalue weighted by atomic mass is 35.5. The molecule has 0 saturated heterocycles. The smallest absolute Gasteiger partial charge is 0.243 e. The van der Waals surface area contributed by atoms with Crippen molar-refractivity contribution in [2.45, 2.75) is 64.1 Å². The van der Waals surface area contributed by atoms with Gasteiger partial charge >= 0.3 is 0 Å². The van der Waals surface area contributed by atoms with E-state index in [2.05, 4.69) is 10.6 Å². The average Bonchev–Trinajstić information content (AvgIpc) is 3.38. The number of amides is 2. The van der Waals surface area contributed by atoms with E-state index in [0.717, 1.165) is 5.56 Å². The number of fused-ring (bicyclic) bond motifs is 1. The number of hydrogen-bond donors (Lipinski definition) is 3. The molecule has 226 valence electrons. The average molecular weight is 610 g/mol. The Kier molecular flexibility index (Phi) is 11.0. The lowest BCUT2D eigenvalue weighted by molar-refractivity contribution is -0.131. The summed E-state index contributed by atoms with van der Waals surface area (Å²) in [5.41, 5.74) is 0.170. The molecule has 2 aromatic carbocycles. The third-order valence-electron chi connectivity index (χ3n) is 6.59. The quantitative estimate of drug-likeness (QED) is 0.297. The fourth-order valence-corrected chi connectivity index (χ4v) is 6.21. The van der Waals surface area contributed by atoms with Crippen molar-refractivity contribution < 1.29 is 32.6 Å². The molecule has 2 aromatic rings. The summed E-state index contributed by atoms with van der Waals surface area (Å²) < 4.78 is 39.4. The molecule has 10 nitrogen and oxygen atoms in total. The Labute approximate surface area is 247 Å². The van der Waals surface area contributed by atoms with Gasteiger partial charge in [-0.25, -0.2) is 8.42 Å². The Morgan fingerprint density at radius 2 is 1.68 bits per heavy atom. The van der Waals surface area contributed by atoms with Gasteiger partial charge in [-0.3, -0.25) is 9.59 Å². The number of hydrogen-bond acceptors (Lipinski definition) is 7. The van der Waals surface area contributed by atoms with Gasteiger partial charge in [0, 0.05) is 19.2 Å². The van der Waals surface area contributed by atoms with Crippen molar-refractivity contribution in [3.63, 3.8) is 0 Å². The molecule has 12 heteroatoms. The molecule has 0 aromatic heterocycles. The van der Waals surface area contributed by atoms with Gasteiger partial charge in [0.2, 0.25) is 28.6 Å². The van der Waals surface area contributed by atoms with E-state index in [1.807, 2.05) is 44.2 Å². The molecule has 1 aliphatic rings. The van der Waals surface area contributed by atoms with Crippen molar-refractivity contribution in [3.05, 3.63) is 54.1 Å². The van der Waals surface area contributed by atoms with Crippen molar-refractivity contribution in [3.8, 4) is 11.5 Å². The van der Waals surface area contributed by atoms with Crippen LogP contribution in [0, 0.1) is 11.3 Å². The first-order valence-electron chi connectivity index (χ1n) is 13.5. The number of carbonyl (C=O) groups is 2. The predicted octanol–water partition coefficient (Wildman–Crippen LogP) is 2.92. The van der Waals surface area contributed by atoms with Crippen LogP contribution in [0.15, 0.2) is 53.4 Å². The van der Waals surface area contributed by atoms with Gasteiger partial charge < -0.3 is 25.2 Å². The Hall–Kier alpha value is -2.86. The van der Waals surface area contributed by atoms with Gasteiger partial charge in [0.05, 0.1) is 17.0 Å². The fraction of sp³-hybridized carbons (Fsp3) is 0.517. The standard InChI is InChI=1S/C29H40ClN3O7S/c1-19(2)16-33(41(37,38)21-11-12-24-25(14-21)40-18-39-24)17-23(34)22(13-20-9-7-6-8-10-20)31-28(36)27(29(3,4)5)32-26(35)15-30/h6-12,14,19,22-23,27,34H,13,15-18H2,1-5H3,(H,31,36)(H,32,35)/t22?,23-,27-/m1/s1. The van der Waals surface area contributed by atoms with Crippen LogP contribution in [0.5, 0.6) is 11.5 Å². The van der Waals surface area contributed by atoms with Gasteiger partial charge in [-0.15, -0.1) is 11.6 Å². The van der Waals surface area contributed by atoms with Gasteiger partial charge in [0.1, 0.15) is 11.9 Å². The van der Waals surface area contributed by atoms with Crippen LogP contribution in [0.3, 0.4) is 0 Å². The molecule has 2 amide bonds. The number of nitrogens with zero attached hydrogens (tertiary/aromatic N) is 1. The molecule has 1 unspecified atom stereocenters. The largest absolute Gasteiger partial charge is 0.454 e. The monoisotopic (exact) mass is 609 g/mol. The van der Waals surface area contributed by atoms with Crippen molar-refractivity contribution in [1.29, 1.82) is 0 Å². The molecule has 3 N–H and O–H groups in total. The Morgan fingerprint density at radius 3 is 2.29 bits per heavy atom. The minimum Gasteiger partial charge on any atom is -0.454 e. The van der Waals surface area contributed by atoms with Crippen LogP contribution < -0.4 is 20.1 Å². The topological polar surface area (TPSA) is 134 Å².